The number of aromatic nitrogens is 4. The molecule has 2 aliphatic rings. The van der Waals surface area contributed by atoms with Gasteiger partial charge in [-0.3, -0.25) is 9.97 Å². The minimum absolute atomic E-state index is 0.249. The molecule has 0 bridgehead atoms. The molecule has 0 saturated carbocycles. The second kappa shape index (κ2) is 14.1. The number of hydrogen-bond acceptors (Lipinski definition) is 7. The van der Waals surface area contributed by atoms with Gasteiger partial charge >= 0.3 is 0 Å². The molecule has 7 nitrogen and oxygen atoms in total. The minimum Gasteiger partial charge on any atom is -0.456 e. The number of para-hydroxylation sites is 1. The molecule has 1 spiro atoms. The van der Waals surface area contributed by atoms with Crippen LogP contribution in [0.25, 0.3) is 89.4 Å². The third-order valence-corrected chi connectivity index (χ3v) is 14.9. The van der Waals surface area contributed by atoms with E-state index in [1.807, 2.05) is 109 Å². The van der Waals surface area contributed by atoms with E-state index in [1.165, 1.54) is 0 Å². The summed E-state index contributed by atoms with van der Waals surface area (Å²) < 4.78 is 37.0. The van der Waals surface area contributed by atoms with Crippen molar-refractivity contribution in [3.05, 3.63) is 229 Å². The molecule has 1 atom stereocenters. The number of sulfone groups is 1. The molecule has 1 aliphatic heterocycles. The summed E-state index contributed by atoms with van der Waals surface area (Å²) in [5.74, 6) is 0.520. The second-order valence-corrected chi connectivity index (χ2v) is 18.4. The fraction of sp³-hybridized carbons (Fsp3) is 0.0175. The van der Waals surface area contributed by atoms with Gasteiger partial charge in [0.05, 0.1) is 32.3 Å². The van der Waals surface area contributed by atoms with Crippen molar-refractivity contribution in [2.75, 3.05) is 0 Å². The van der Waals surface area contributed by atoms with Crippen LogP contribution in [0.5, 0.6) is 0 Å². The SMILES string of the molecule is O=S1(=O)c2ccccc2C2(c3ccccc3-c3ccccc3-c3ccc(-c4nc(-c5ccccc5)cc(-c5ccc(-c6cccnc6)nc5)n4)cc32)c2cc3oc4ccccc4c3cc21. The van der Waals surface area contributed by atoms with E-state index in [0.29, 0.717) is 33.8 Å². The number of pyridine rings is 2. The van der Waals surface area contributed by atoms with Crippen LogP contribution in [0.3, 0.4) is 0 Å². The summed E-state index contributed by atoms with van der Waals surface area (Å²) in [6.07, 6.45) is 5.40. The van der Waals surface area contributed by atoms with Gasteiger partial charge in [0.2, 0.25) is 9.84 Å². The molecule has 8 heteroatoms. The molecule has 13 rings (SSSR count). The predicted molar refractivity (Wildman–Crippen MR) is 255 cm³/mol. The Kier molecular flexibility index (Phi) is 8.07. The van der Waals surface area contributed by atoms with E-state index in [2.05, 4.69) is 83.8 Å². The van der Waals surface area contributed by atoms with Crippen molar-refractivity contribution < 1.29 is 12.8 Å². The Labute approximate surface area is 374 Å². The monoisotopic (exact) mass is 854 g/mol. The third kappa shape index (κ3) is 5.51. The number of nitrogens with zero attached hydrogens (tertiary/aromatic N) is 4. The molecule has 7 aromatic carbocycles. The number of benzene rings is 7. The highest BCUT2D eigenvalue weighted by Crippen LogP contribution is 2.60. The molecular formula is C57H34N4O3S. The van der Waals surface area contributed by atoms with Gasteiger partial charge in [-0.15, -0.1) is 0 Å². The average molecular weight is 855 g/mol. The normalized spacial score (nSPS) is 15.4. The first kappa shape index (κ1) is 37.2. The summed E-state index contributed by atoms with van der Waals surface area (Å²) in [6.45, 7) is 0. The maximum Gasteiger partial charge on any atom is 0.207 e. The van der Waals surface area contributed by atoms with Crippen molar-refractivity contribution in [2.24, 2.45) is 0 Å². The highest BCUT2D eigenvalue weighted by Gasteiger charge is 2.52. The Hall–Kier alpha value is -8.33. The summed E-state index contributed by atoms with van der Waals surface area (Å²) in [4.78, 5) is 20.2. The van der Waals surface area contributed by atoms with Crippen LogP contribution >= 0.6 is 0 Å². The van der Waals surface area contributed by atoms with Gasteiger partial charge in [-0.25, -0.2) is 18.4 Å². The maximum absolute atomic E-state index is 15.2. The van der Waals surface area contributed by atoms with Crippen LogP contribution in [-0.2, 0) is 15.3 Å². The number of fused-ring (bicyclic) bond motifs is 14. The smallest absolute Gasteiger partial charge is 0.207 e. The van der Waals surface area contributed by atoms with E-state index in [9.17, 15) is 0 Å². The van der Waals surface area contributed by atoms with Crippen LogP contribution in [0.2, 0.25) is 0 Å². The van der Waals surface area contributed by atoms with Gasteiger partial charge in [-0.1, -0.05) is 127 Å². The molecular weight excluding hydrogens is 821 g/mol. The van der Waals surface area contributed by atoms with Crippen molar-refractivity contribution in [3.8, 4) is 67.4 Å². The van der Waals surface area contributed by atoms with Gasteiger partial charge in [0.25, 0.3) is 0 Å². The first-order valence-corrected chi connectivity index (χ1v) is 22.9. The van der Waals surface area contributed by atoms with Crippen molar-refractivity contribution >= 4 is 31.8 Å². The van der Waals surface area contributed by atoms with Crippen LogP contribution in [0, 0.1) is 0 Å². The molecule has 0 amide bonds. The highest BCUT2D eigenvalue weighted by molar-refractivity contribution is 7.91. The zero-order valence-corrected chi connectivity index (χ0v) is 35.4. The minimum atomic E-state index is -4.03. The van der Waals surface area contributed by atoms with Crippen LogP contribution in [0.4, 0.5) is 0 Å². The molecule has 0 fully saturated rings. The standard InChI is InChI=1S/C57H34N4O3S/c62-65(63)54-23-11-9-21-46(54)57(48-31-53-44(30-55(48)65)43-19-7-10-22-52(43)64-53)45-20-8-6-18-41(45)39-16-4-5-17-40(39)42-26-24-36(29-47(42)57)56-60-50(35-13-2-1-3-14-35)32-51(61-56)38-25-27-49(59-34-38)37-15-12-28-58-33-37/h1-34H. The van der Waals surface area contributed by atoms with E-state index < -0.39 is 15.3 Å². The van der Waals surface area contributed by atoms with Gasteiger partial charge in [0.1, 0.15) is 11.2 Å². The first-order valence-electron chi connectivity index (χ1n) is 21.4. The number of furan rings is 1. The quantitative estimate of drug-likeness (QED) is 0.174. The lowest BCUT2D eigenvalue weighted by Gasteiger charge is -2.42. The fourth-order valence-corrected chi connectivity index (χ4v) is 12.0. The fourth-order valence-electron chi connectivity index (χ4n) is 10.2. The zero-order chi connectivity index (χ0) is 43.3. The molecule has 0 N–H and O–H groups in total. The molecule has 0 saturated heterocycles. The van der Waals surface area contributed by atoms with Crippen molar-refractivity contribution in [2.45, 2.75) is 15.2 Å². The summed E-state index contributed by atoms with van der Waals surface area (Å²) in [5, 5.41) is 1.61. The summed E-state index contributed by atoms with van der Waals surface area (Å²) >= 11 is 0. The van der Waals surface area contributed by atoms with Crippen molar-refractivity contribution in [1.82, 2.24) is 19.9 Å². The molecule has 4 aromatic heterocycles. The lowest BCUT2D eigenvalue weighted by molar-refractivity contribution is 0.579. The Balaban J connectivity index is 1.13. The third-order valence-electron chi connectivity index (χ3n) is 13.1. The van der Waals surface area contributed by atoms with E-state index in [-0.39, 0.29) is 9.79 Å². The van der Waals surface area contributed by atoms with Crippen molar-refractivity contribution in [1.29, 1.82) is 0 Å². The molecule has 11 aromatic rings. The van der Waals surface area contributed by atoms with Gasteiger partial charge < -0.3 is 4.42 Å². The number of hydrogen-bond donors (Lipinski definition) is 0. The van der Waals surface area contributed by atoms with Crippen LogP contribution in [0.15, 0.2) is 221 Å². The maximum atomic E-state index is 15.2. The second-order valence-electron chi connectivity index (χ2n) is 16.5. The van der Waals surface area contributed by atoms with Crippen molar-refractivity contribution in [3.63, 3.8) is 0 Å². The molecule has 5 heterocycles. The van der Waals surface area contributed by atoms with Gasteiger partial charge in [-0.05, 0) is 105 Å². The summed E-state index contributed by atoms with van der Waals surface area (Å²) in [5.41, 5.74) is 13.2. The highest BCUT2D eigenvalue weighted by atomic mass is 32.2. The average Bonchev–Trinajstić information content (AvgIpc) is 3.70. The predicted octanol–water partition coefficient (Wildman–Crippen LogP) is 13.0. The Morgan fingerprint density at radius 2 is 1.08 bits per heavy atom. The number of rotatable bonds is 4. The van der Waals surface area contributed by atoms with Gasteiger partial charge in [0.15, 0.2) is 5.82 Å². The molecule has 1 unspecified atom stereocenters. The van der Waals surface area contributed by atoms with E-state index in [4.69, 9.17) is 19.4 Å². The van der Waals surface area contributed by atoms with Crippen LogP contribution in [-0.4, -0.2) is 28.4 Å². The lowest BCUT2D eigenvalue weighted by atomic mass is 9.63. The first-order chi connectivity index (χ1) is 32.0. The Morgan fingerprint density at radius 1 is 0.415 bits per heavy atom. The Morgan fingerprint density at radius 3 is 1.86 bits per heavy atom. The molecule has 306 valence electrons. The van der Waals surface area contributed by atoms with Gasteiger partial charge in [0, 0.05) is 51.6 Å². The topological polar surface area (TPSA) is 98.8 Å². The zero-order valence-electron chi connectivity index (χ0n) is 34.6. The summed E-state index contributed by atoms with van der Waals surface area (Å²) in [7, 11) is -4.03. The lowest BCUT2D eigenvalue weighted by Crippen LogP contribution is -2.38. The largest absolute Gasteiger partial charge is 0.456 e. The molecule has 1 aliphatic carbocycles. The molecule has 0 radical (unpaired) electrons. The van der Waals surface area contributed by atoms with E-state index in [0.717, 1.165) is 77.8 Å². The Bertz CT molecular complexity index is 3850. The van der Waals surface area contributed by atoms with E-state index >= 15 is 8.42 Å². The van der Waals surface area contributed by atoms with Gasteiger partial charge in [-0.2, -0.15) is 0 Å². The van der Waals surface area contributed by atoms with Crippen LogP contribution < -0.4 is 0 Å². The van der Waals surface area contributed by atoms with E-state index in [1.54, 1.807) is 18.5 Å². The van der Waals surface area contributed by atoms with Crippen LogP contribution in [0.1, 0.15) is 22.3 Å². The summed E-state index contributed by atoms with van der Waals surface area (Å²) in [6, 6.07) is 62.4. The molecule has 65 heavy (non-hydrogen) atoms.